The lowest BCUT2D eigenvalue weighted by Gasteiger charge is -2.40. The van der Waals surface area contributed by atoms with Gasteiger partial charge in [-0.3, -0.25) is 4.98 Å². The summed E-state index contributed by atoms with van der Waals surface area (Å²) < 4.78 is 5.66. The largest absolute Gasteiger partial charge is 0.394 e. The molecule has 2 aromatic carbocycles. The van der Waals surface area contributed by atoms with Crippen LogP contribution >= 0.6 is 11.6 Å². The molecular formula is C24H24ClNO5. The minimum Gasteiger partial charge on any atom is -0.394 e. The van der Waals surface area contributed by atoms with Crippen LogP contribution in [0, 0.1) is 0 Å². The summed E-state index contributed by atoms with van der Waals surface area (Å²) in [5.74, 6) is 0. The van der Waals surface area contributed by atoms with Crippen LogP contribution in [0.4, 0.5) is 0 Å². The molecule has 162 valence electrons. The molecule has 0 aliphatic carbocycles. The standard InChI is InChI=1S/C24H24ClNO5/c25-18-8-7-16(24-23(30)22(29)21(28)20(13-27)31-24)11-17(18)10-14-6-9-19(26-12-14)15-4-2-1-3-5-15/h1-9,11-12,20-24,27-30H,10,13H2/t20-,21-,22+,23-,24+/m1/s1. The Morgan fingerprint density at radius 1 is 0.903 bits per heavy atom. The Bertz CT molecular complexity index is 1010. The highest BCUT2D eigenvalue weighted by Gasteiger charge is 2.44. The molecule has 4 rings (SSSR count). The van der Waals surface area contributed by atoms with E-state index in [2.05, 4.69) is 4.98 Å². The highest BCUT2D eigenvalue weighted by atomic mass is 35.5. The molecule has 0 unspecified atom stereocenters. The van der Waals surface area contributed by atoms with E-state index in [1.165, 1.54) is 0 Å². The normalized spacial score (nSPS) is 26.0. The van der Waals surface area contributed by atoms with Gasteiger partial charge in [0.15, 0.2) is 0 Å². The van der Waals surface area contributed by atoms with Crippen molar-refractivity contribution in [3.8, 4) is 11.3 Å². The number of aliphatic hydroxyl groups excluding tert-OH is 4. The Morgan fingerprint density at radius 3 is 2.35 bits per heavy atom. The second-order valence-corrected chi connectivity index (χ2v) is 8.10. The molecule has 0 bridgehead atoms. The van der Waals surface area contributed by atoms with E-state index in [1.807, 2.05) is 42.5 Å². The SMILES string of the molecule is OC[C@H]1O[C@@H](c2ccc(Cl)c(Cc3ccc(-c4ccccc4)nc3)c2)[C@H](O)[C@@H](O)[C@@H]1O. The van der Waals surface area contributed by atoms with Crippen LogP contribution in [-0.2, 0) is 11.2 Å². The minimum atomic E-state index is -1.43. The zero-order chi connectivity index (χ0) is 22.0. The zero-order valence-corrected chi connectivity index (χ0v) is 17.4. The first kappa shape index (κ1) is 21.9. The maximum atomic E-state index is 10.4. The number of hydrogen-bond donors (Lipinski definition) is 4. The van der Waals surface area contributed by atoms with E-state index in [0.717, 1.165) is 22.4 Å². The summed E-state index contributed by atoms with van der Waals surface area (Å²) in [6.45, 7) is -0.471. The van der Waals surface area contributed by atoms with E-state index in [9.17, 15) is 20.4 Å². The fraction of sp³-hybridized carbons (Fsp3) is 0.292. The van der Waals surface area contributed by atoms with Gasteiger partial charge in [0.1, 0.15) is 30.5 Å². The summed E-state index contributed by atoms with van der Waals surface area (Å²) in [4.78, 5) is 4.54. The first-order valence-electron chi connectivity index (χ1n) is 10.1. The predicted molar refractivity (Wildman–Crippen MR) is 117 cm³/mol. The molecule has 3 aromatic rings. The van der Waals surface area contributed by atoms with Crippen molar-refractivity contribution in [1.82, 2.24) is 4.98 Å². The fourth-order valence-corrected chi connectivity index (χ4v) is 4.00. The molecule has 0 amide bonds. The molecule has 6 nitrogen and oxygen atoms in total. The average Bonchev–Trinajstić information content (AvgIpc) is 2.80. The first-order chi connectivity index (χ1) is 15.0. The Kier molecular flexibility index (Phi) is 6.67. The zero-order valence-electron chi connectivity index (χ0n) is 16.7. The van der Waals surface area contributed by atoms with Gasteiger partial charge in [-0.05, 0) is 28.8 Å². The molecular weight excluding hydrogens is 418 g/mol. The number of hydrogen-bond acceptors (Lipinski definition) is 6. The molecule has 1 fully saturated rings. The van der Waals surface area contributed by atoms with Crippen molar-refractivity contribution in [2.24, 2.45) is 0 Å². The predicted octanol–water partition coefficient (Wildman–Crippen LogP) is 2.51. The van der Waals surface area contributed by atoms with Crippen molar-refractivity contribution in [2.45, 2.75) is 36.9 Å². The lowest BCUT2D eigenvalue weighted by molar-refractivity contribution is -0.231. The second-order valence-electron chi connectivity index (χ2n) is 7.69. The molecule has 4 N–H and O–H groups in total. The van der Waals surface area contributed by atoms with Crippen LogP contribution in [0.1, 0.15) is 22.8 Å². The summed E-state index contributed by atoms with van der Waals surface area (Å²) in [6.07, 6.45) is -3.69. The van der Waals surface area contributed by atoms with Crippen LogP contribution in [0.15, 0.2) is 66.9 Å². The maximum Gasteiger partial charge on any atom is 0.113 e. The van der Waals surface area contributed by atoms with E-state index < -0.39 is 37.1 Å². The van der Waals surface area contributed by atoms with Crippen molar-refractivity contribution >= 4 is 11.6 Å². The molecule has 1 aliphatic heterocycles. The second kappa shape index (κ2) is 9.44. The Labute approximate surface area is 185 Å². The highest BCUT2D eigenvalue weighted by Crippen LogP contribution is 2.34. The number of benzene rings is 2. The molecule has 1 saturated heterocycles. The lowest BCUT2D eigenvalue weighted by Crippen LogP contribution is -2.55. The highest BCUT2D eigenvalue weighted by molar-refractivity contribution is 6.31. The number of pyridine rings is 1. The molecule has 31 heavy (non-hydrogen) atoms. The fourth-order valence-electron chi connectivity index (χ4n) is 3.81. The monoisotopic (exact) mass is 441 g/mol. The number of aromatic nitrogens is 1. The third-order valence-corrected chi connectivity index (χ3v) is 5.95. The third-order valence-electron chi connectivity index (χ3n) is 5.58. The van der Waals surface area contributed by atoms with Crippen LogP contribution in [0.5, 0.6) is 0 Å². The van der Waals surface area contributed by atoms with Crippen LogP contribution in [0.3, 0.4) is 0 Å². The number of nitrogens with zero attached hydrogens (tertiary/aromatic N) is 1. The molecule has 5 atom stereocenters. The van der Waals surface area contributed by atoms with Crippen LogP contribution in [0.2, 0.25) is 5.02 Å². The van der Waals surface area contributed by atoms with Gasteiger partial charge in [0.25, 0.3) is 0 Å². The number of halogens is 1. The Hall–Kier alpha value is -2.32. The minimum absolute atomic E-state index is 0.471. The van der Waals surface area contributed by atoms with E-state index in [1.54, 1.807) is 24.4 Å². The van der Waals surface area contributed by atoms with Crippen LogP contribution in [0.25, 0.3) is 11.3 Å². The van der Waals surface area contributed by atoms with Gasteiger partial charge in [-0.1, -0.05) is 60.1 Å². The third kappa shape index (κ3) is 4.65. The first-order valence-corrected chi connectivity index (χ1v) is 10.4. The number of aliphatic hydroxyl groups is 4. The molecule has 1 aromatic heterocycles. The molecule has 7 heteroatoms. The summed E-state index contributed by atoms with van der Waals surface area (Å²) in [6, 6.07) is 19.1. The summed E-state index contributed by atoms with van der Waals surface area (Å²) in [5.41, 5.74) is 4.30. The topological polar surface area (TPSA) is 103 Å². The number of ether oxygens (including phenoxy) is 1. The van der Waals surface area contributed by atoms with Crippen molar-refractivity contribution < 1.29 is 25.2 Å². The van der Waals surface area contributed by atoms with Gasteiger partial charge in [0.2, 0.25) is 0 Å². The summed E-state index contributed by atoms with van der Waals surface area (Å²) in [7, 11) is 0. The Morgan fingerprint density at radius 2 is 1.68 bits per heavy atom. The van der Waals surface area contributed by atoms with E-state index >= 15 is 0 Å². The quantitative estimate of drug-likeness (QED) is 0.485. The number of rotatable bonds is 5. The van der Waals surface area contributed by atoms with Gasteiger partial charge < -0.3 is 25.2 Å². The van der Waals surface area contributed by atoms with Crippen LogP contribution < -0.4 is 0 Å². The van der Waals surface area contributed by atoms with Gasteiger partial charge >= 0.3 is 0 Å². The molecule has 0 spiro atoms. The lowest BCUT2D eigenvalue weighted by atomic mass is 9.90. The summed E-state index contributed by atoms with van der Waals surface area (Å²) >= 11 is 6.40. The molecule has 0 radical (unpaired) electrons. The van der Waals surface area contributed by atoms with Crippen molar-refractivity contribution in [3.63, 3.8) is 0 Å². The smallest absolute Gasteiger partial charge is 0.113 e. The van der Waals surface area contributed by atoms with Crippen molar-refractivity contribution in [2.75, 3.05) is 6.61 Å². The van der Waals surface area contributed by atoms with Crippen molar-refractivity contribution in [1.29, 1.82) is 0 Å². The summed E-state index contributed by atoms with van der Waals surface area (Å²) in [5, 5.41) is 40.5. The molecule has 1 aliphatic rings. The molecule has 0 saturated carbocycles. The molecule has 2 heterocycles. The van der Waals surface area contributed by atoms with Crippen molar-refractivity contribution in [3.05, 3.63) is 88.6 Å². The van der Waals surface area contributed by atoms with Crippen LogP contribution in [-0.4, -0.2) is 56.4 Å². The van der Waals surface area contributed by atoms with Gasteiger partial charge in [-0.2, -0.15) is 0 Å². The maximum absolute atomic E-state index is 10.4. The van der Waals surface area contributed by atoms with Gasteiger partial charge in [0, 0.05) is 23.2 Å². The van der Waals surface area contributed by atoms with Gasteiger partial charge in [0.05, 0.1) is 12.3 Å². The van der Waals surface area contributed by atoms with E-state index in [4.69, 9.17) is 16.3 Å². The van der Waals surface area contributed by atoms with Gasteiger partial charge in [-0.25, -0.2) is 0 Å². The van der Waals surface area contributed by atoms with E-state index in [-0.39, 0.29) is 0 Å². The Balaban J connectivity index is 1.56. The van der Waals surface area contributed by atoms with E-state index in [0.29, 0.717) is 17.0 Å². The average molecular weight is 442 g/mol. The van der Waals surface area contributed by atoms with Gasteiger partial charge in [-0.15, -0.1) is 0 Å².